The number of ether oxygens (including phenoxy) is 1. The lowest BCUT2D eigenvalue weighted by molar-refractivity contribution is -0.140. The molecule has 4 fully saturated rings. The van der Waals surface area contributed by atoms with Crippen LogP contribution in [0.4, 0.5) is 43.4 Å². The Morgan fingerprint density at radius 3 is 2.43 bits per heavy atom. The van der Waals surface area contributed by atoms with Gasteiger partial charge in [0.05, 0.1) is 37.4 Å². The molecule has 4 amide bonds. The van der Waals surface area contributed by atoms with E-state index in [-0.39, 0.29) is 41.2 Å². The molecule has 1 unspecified atom stereocenters. The summed E-state index contributed by atoms with van der Waals surface area (Å²) in [5.41, 5.74) is 5.22. The Balaban J connectivity index is 0.786. The minimum atomic E-state index is -3.57. The fourth-order valence-corrected chi connectivity index (χ4v) is 8.96. The van der Waals surface area contributed by atoms with Crippen LogP contribution in [-0.2, 0) is 14.4 Å². The fourth-order valence-electron chi connectivity index (χ4n) is 8.96. The second kappa shape index (κ2) is 18.1. The standard InChI is InChI=1S/C42H54F2N12O5/c1-52-33-25-46-41(50-37(33)56(29-5-3-4-6-29)26-42(43,44)40(52)60)48-31-9-7-28(23-34(31)61-2)38(58)51-55-17-14-27(15-18-55)13-16-53-19-21-54(22-20-53)30-8-11-35(45-24-30)47-32-10-12-36(57)49-39(32)59/h7-9,11,23-25,27,29,32H,3-6,10,12-22,26H2,1-2H3,(H,45,47)(H,51,58)(H,46,48,50)(H,49,57,59). The molecule has 326 valence electrons. The summed E-state index contributed by atoms with van der Waals surface area (Å²) in [6.45, 7) is 5.51. The Kier molecular flexibility index (Phi) is 12.5. The van der Waals surface area contributed by atoms with Gasteiger partial charge in [0.1, 0.15) is 23.3 Å². The normalized spacial score (nSPS) is 21.8. The van der Waals surface area contributed by atoms with Gasteiger partial charge in [-0.15, -0.1) is 0 Å². The number of rotatable bonds is 12. The first-order chi connectivity index (χ1) is 29.4. The van der Waals surface area contributed by atoms with Gasteiger partial charge in [-0.3, -0.25) is 34.8 Å². The largest absolute Gasteiger partial charge is 0.495 e. The third-order valence-corrected chi connectivity index (χ3v) is 12.6. The van der Waals surface area contributed by atoms with Gasteiger partial charge in [0.25, 0.3) is 11.8 Å². The van der Waals surface area contributed by atoms with Gasteiger partial charge < -0.3 is 30.1 Å². The van der Waals surface area contributed by atoms with Gasteiger partial charge >= 0.3 is 5.92 Å². The number of methoxy groups -OCH3 is 1. The van der Waals surface area contributed by atoms with Crippen molar-refractivity contribution >= 4 is 58.3 Å². The molecule has 0 bridgehead atoms. The number of carbonyl (C=O) groups excluding carboxylic acids is 4. The quantitative estimate of drug-likeness (QED) is 0.194. The van der Waals surface area contributed by atoms with E-state index < -0.39 is 24.4 Å². The maximum atomic E-state index is 15.0. The number of piperazine rings is 1. The smallest absolute Gasteiger partial charge is 0.342 e. The molecule has 6 heterocycles. The molecule has 3 saturated heterocycles. The Hall–Kier alpha value is -5.69. The van der Waals surface area contributed by atoms with Crippen LogP contribution in [0.25, 0.3) is 0 Å². The molecule has 5 aliphatic rings. The maximum Gasteiger partial charge on any atom is 0.342 e. The summed E-state index contributed by atoms with van der Waals surface area (Å²) in [6, 6.07) is 8.30. The second-order valence-electron chi connectivity index (χ2n) is 16.6. The fraction of sp³-hybridized carbons (Fsp3) is 0.548. The molecule has 17 nitrogen and oxygen atoms in total. The molecule has 1 aliphatic carbocycles. The SMILES string of the molecule is COc1cc(C(=O)NN2CCC(CCN3CCN(c4ccc(NC5CCC(=O)NC5=O)nc4)CC3)CC2)ccc1Nc1ncc2c(n1)N(C1CCCC1)CC(F)(F)C(=O)N2C. The highest BCUT2D eigenvalue weighted by Crippen LogP contribution is 2.40. The zero-order valence-electron chi connectivity index (χ0n) is 34.7. The van der Waals surface area contributed by atoms with Crippen LogP contribution >= 0.6 is 0 Å². The van der Waals surface area contributed by atoms with E-state index in [0.717, 1.165) is 101 Å². The number of alkyl halides is 2. The van der Waals surface area contributed by atoms with Crippen LogP contribution in [-0.4, -0.2) is 133 Å². The van der Waals surface area contributed by atoms with Gasteiger partial charge in [0.15, 0.2) is 5.82 Å². The highest BCUT2D eigenvalue weighted by molar-refractivity contribution is 6.02. The summed E-state index contributed by atoms with van der Waals surface area (Å²) >= 11 is 0. The monoisotopic (exact) mass is 844 g/mol. The van der Waals surface area contributed by atoms with Crippen molar-refractivity contribution in [3.8, 4) is 5.75 Å². The molecule has 4 N–H and O–H groups in total. The molecule has 1 atom stereocenters. The van der Waals surface area contributed by atoms with Crippen molar-refractivity contribution in [2.24, 2.45) is 5.92 Å². The molecule has 1 saturated carbocycles. The third kappa shape index (κ3) is 9.62. The highest BCUT2D eigenvalue weighted by atomic mass is 19.3. The lowest BCUT2D eigenvalue weighted by atomic mass is 9.94. The topological polar surface area (TPSA) is 180 Å². The number of nitrogens with one attached hydrogen (secondary N) is 4. The number of pyridine rings is 1. The van der Waals surface area contributed by atoms with Gasteiger partial charge in [-0.05, 0) is 81.3 Å². The first kappa shape index (κ1) is 42.0. The van der Waals surface area contributed by atoms with E-state index in [2.05, 4.69) is 46.1 Å². The van der Waals surface area contributed by atoms with Gasteiger partial charge in [-0.25, -0.2) is 15.0 Å². The first-order valence-corrected chi connectivity index (χ1v) is 21.3. The number of anilines is 6. The van der Waals surface area contributed by atoms with Crippen molar-refractivity contribution in [3.63, 3.8) is 0 Å². The molecule has 4 aliphatic heterocycles. The van der Waals surface area contributed by atoms with Crippen molar-refractivity contribution in [1.82, 2.24) is 35.6 Å². The number of hydrogen-bond acceptors (Lipinski definition) is 14. The van der Waals surface area contributed by atoms with Crippen molar-refractivity contribution in [1.29, 1.82) is 0 Å². The lowest BCUT2D eigenvalue weighted by Gasteiger charge is -2.37. The van der Waals surface area contributed by atoms with Crippen molar-refractivity contribution < 1.29 is 32.7 Å². The van der Waals surface area contributed by atoms with E-state index in [1.54, 1.807) is 23.1 Å². The number of hydrazine groups is 1. The lowest BCUT2D eigenvalue weighted by Crippen LogP contribution is -2.48. The van der Waals surface area contributed by atoms with Gasteiger partial charge in [-0.2, -0.15) is 13.8 Å². The first-order valence-electron chi connectivity index (χ1n) is 21.3. The second-order valence-corrected chi connectivity index (χ2v) is 16.6. The molecular weight excluding hydrogens is 791 g/mol. The zero-order chi connectivity index (χ0) is 42.7. The minimum absolute atomic E-state index is 0.149. The van der Waals surface area contributed by atoms with Crippen LogP contribution in [0.5, 0.6) is 5.75 Å². The van der Waals surface area contributed by atoms with Crippen LogP contribution in [0.2, 0.25) is 0 Å². The Morgan fingerprint density at radius 1 is 0.951 bits per heavy atom. The minimum Gasteiger partial charge on any atom is -0.495 e. The molecule has 0 spiro atoms. The van der Waals surface area contributed by atoms with Crippen LogP contribution in [0.1, 0.15) is 68.1 Å². The van der Waals surface area contributed by atoms with Crippen LogP contribution in [0.15, 0.2) is 42.7 Å². The number of amides is 4. The van der Waals surface area contributed by atoms with Crippen molar-refractivity contribution in [3.05, 3.63) is 48.3 Å². The van der Waals surface area contributed by atoms with E-state index in [4.69, 9.17) is 4.74 Å². The third-order valence-electron chi connectivity index (χ3n) is 12.6. The molecular formula is C42H54F2N12O5. The van der Waals surface area contributed by atoms with E-state index in [1.165, 1.54) is 20.4 Å². The number of nitrogens with zero attached hydrogens (tertiary/aromatic N) is 8. The summed E-state index contributed by atoms with van der Waals surface area (Å²) in [6.07, 6.45) is 10.4. The molecule has 61 heavy (non-hydrogen) atoms. The van der Waals surface area contributed by atoms with E-state index >= 15 is 8.78 Å². The average molecular weight is 845 g/mol. The Morgan fingerprint density at radius 2 is 1.72 bits per heavy atom. The molecule has 8 rings (SSSR count). The molecule has 2 aromatic heterocycles. The van der Waals surface area contributed by atoms with Crippen molar-refractivity contribution in [2.75, 3.05) is 91.8 Å². The number of aromatic nitrogens is 3. The summed E-state index contributed by atoms with van der Waals surface area (Å²) in [5.74, 6) is -3.68. The maximum absolute atomic E-state index is 15.0. The average Bonchev–Trinajstić information content (AvgIpc) is 3.79. The zero-order valence-corrected chi connectivity index (χ0v) is 34.7. The van der Waals surface area contributed by atoms with Crippen LogP contribution < -0.4 is 40.8 Å². The van der Waals surface area contributed by atoms with E-state index in [0.29, 0.717) is 41.6 Å². The summed E-state index contributed by atoms with van der Waals surface area (Å²) in [4.78, 5) is 70.4. The van der Waals surface area contributed by atoms with Crippen LogP contribution in [0.3, 0.4) is 0 Å². The molecule has 3 aromatic rings. The predicted molar refractivity (Wildman–Crippen MR) is 225 cm³/mol. The number of hydrogen-bond donors (Lipinski definition) is 4. The Bertz CT molecular complexity index is 2090. The van der Waals surface area contributed by atoms with Gasteiger partial charge in [-0.1, -0.05) is 12.8 Å². The van der Waals surface area contributed by atoms with E-state index in [1.807, 2.05) is 23.3 Å². The number of halogens is 2. The highest BCUT2D eigenvalue weighted by Gasteiger charge is 2.49. The van der Waals surface area contributed by atoms with Crippen molar-refractivity contribution in [2.45, 2.75) is 75.8 Å². The predicted octanol–water partition coefficient (Wildman–Crippen LogP) is 3.77. The molecule has 0 radical (unpaired) electrons. The molecule has 1 aromatic carbocycles. The van der Waals surface area contributed by atoms with Gasteiger partial charge in [0.2, 0.25) is 17.8 Å². The number of fused-ring (bicyclic) bond motifs is 1. The van der Waals surface area contributed by atoms with Crippen LogP contribution in [0, 0.1) is 5.92 Å². The number of benzene rings is 1. The van der Waals surface area contributed by atoms with E-state index in [9.17, 15) is 19.2 Å². The Labute approximate surface area is 353 Å². The van der Waals surface area contributed by atoms with Gasteiger partial charge in [0, 0.05) is 64.3 Å². The number of piperidine rings is 2. The summed E-state index contributed by atoms with van der Waals surface area (Å²) < 4.78 is 35.7. The summed E-state index contributed by atoms with van der Waals surface area (Å²) in [5, 5.41) is 10.6. The number of carbonyl (C=O) groups is 4. The number of imide groups is 1. The summed E-state index contributed by atoms with van der Waals surface area (Å²) in [7, 11) is 2.82. The molecule has 19 heteroatoms.